The fourth-order valence-electron chi connectivity index (χ4n) is 2.57. The van der Waals surface area contributed by atoms with Gasteiger partial charge in [-0.1, -0.05) is 0 Å². The third-order valence-corrected chi connectivity index (χ3v) is 3.96. The third-order valence-electron chi connectivity index (χ3n) is 3.96. The van der Waals surface area contributed by atoms with Gasteiger partial charge in [-0.2, -0.15) is 0 Å². The van der Waals surface area contributed by atoms with Gasteiger partial charge in [0.2, 0.25) is 0 Å². The predicted molar refractivity (Wildman–Crippen MR) is 91.0 cm³/mol. The summed E-state index contributed by atoms with van der Waals surface area (Å²) >= 11 is 0. The van der Waals surface area contributed by atoms with Crippen LogP contribution in [0.2, 0.25) is 0 Å². The number of ether oxygens (including phenoxy) is 2. The summed E-state index contributed by atoms with van der Waals surface area (Å²) in [6.07, 6.45) is -5.20. The molecule has 0 radical (unpaired) electrons. The van der Waals surface area contributed by atoms with Crippen molar-refractivity contribution in [1.29, 1.82) is 0 Å². The van der Waals surface area contributed by atoms with E-state index in [1.54, 1.807) is 0 Å². The van der Waals surface area contributed by atoms with E-state index < -0.39 is 35.3 Å². The van der Waals surface area contributed by atoms with Gasteiger partial charge in [0.1, 0.15) is 35.6 Å². The van der Waals surface area contributed by atoms with Gasteiger partial charge in [-0.05, 0) is 24.3 Å². The molecule has 4 N–H and O–H groups in total. The lowest BCUT2D eigenvalue weighted by molar-refractivity contribution is -0.384. The molecule has 0 aliphatic carbocycles. The minimum absolute atomic E-state index is 0.101. The average Bonchev–Trinajstić information content (AvgIpc) is 2.64. The Kier molecular flexibility index (Phi) is 5.51. The fraction of sp³-hybridized carbons (Fsp3) is 0.294. The zero-order chi connectivity index (χ0) is 19.6. The summed E-state index contributed by atoms with van der Waals surface area (Å²) in [7, 11) is 0. The molecule has 4 atom stereocenters. The first-order valence-corrected chi connectivity index (χ1v) is 7.99. The van der Waals surface area contributed by atoms with E-state index in [0.29, 0.717) is 0 Å². The lowest BCUT2D eigenvalue weighted by atomic mass is 10.0. The van der Waals surface area contributed by atoms with Crippen molar-refractivity contribution in [3.05, 3.63) is 58.4 Å². The van der Waals surface area contributed by atoms with Crippen LogP contribution in [0.15, 0.2) is 42.5 Å². The lowest BCUT2D eigenvalue weighted by Gasteiger charge is -2.35. The van der Waals surface area contributed by atoms with Crippen LogP contribution in [0.1, 0.15) is 0 Å². The number of nitro groups is 1. The third kappa shape index (κ3) is 4.49. The highest BCUT2D eigenvalue weighted by atomic mass is 19.1. The highest BCUT2D eigenvalue weighted by Crippen LogP contribution is 2.31. The standard InChI is InChI=1S/C17H17FN2O7/c18-9-1-3-12(4-2-9)27-13-6-10(5-11(7-13)20(24)25)19-17-16(23)15(22)14(21)8-26-17/h1-7,14-17,19,21-23H,8H2/t14-,15-,16+,17-/m1/s1. The second-order valence-corrected chi connectivity index (χ2v) is 5.98. The first-order chi connectivity index (χ1) is 12.8. The first-order valence-electron chi connectivity index (χ1n) is 7.99. The number of hydrogen-bond acceptors (Lipinski definition) is 8. The summed E-state index contributed by atoms with van der Waals surface area (Å²) in [6, 6.07) is 8.91. The maximum atomic E-state index is 13.0. The van der Waals surface area contributed by atoms with Gasteiger partial charge < -0.3 is 30.1 Å². The molecule has 0 amide bonds. The summed E-state index contributed by atoms with van der Waals surface area (Å²) in [5.74, 6) is -0.0764. The minimum Gasteiger partial charge on any atom is -0.457 e. The highest BCUT2D eigenvalue weighted by Gasteiger charge is 2.37. The van der Waals surface area contributed by atoms with Gasteiger partial charge in [0, 0.05) is 17.8 Å². The first kappa shape index (κ1) is 19.0. The van der Waals surface area contributed by atoms with Gasteiger partial charge in [0.15, 0.2) is 6.23 Å². The molecular weight excluding hydrogens is 363 g/mol. The number of benzene rings is 2. The Morgan fingerprint density at radius 2 is 1.81 bits per heavy atom. The molecule has 0 aromatic heterocycles. The molecule has 0 unspecified atom stereocenters. The van der Waals surface area contributed by atoms with Gasteiger partial charge in [0.05, 0.1) is 17.6 Å². The van der Waals surface area contributed by atoms with E-state index >= 15 is 0 Å². The van der Waals surface area contributed by atoms with E-state index in [9.17, 15) is 29.8 Å². The van der Waals surface area contributed by atoms with Crippen molar-refractivity contribution in [2.45, 2.75) is 24.5 Å². The maximum Gasteiger partial charge on any atom is 0.275 e. The molecule has 0 spiro atoms. The fourth-order valence-corrected chi connectivity index (χ4v) is 2.57. The van der Waals surface area contributed by atoms with Crippen LogP contribution in [0.25, 0.3) is 0 Å². The normalized spacial score (nSPS) is 25.0. The van der Waals surface area contributed by atoms with Crippen LogP contribution in [0.3, 0.4) is 0 Å². The van der Waals surface area contributed by atoms with E-state index in [1.807, 2.05) is 0 Å². The van der Waals surface area contributed by atoms with Crippen molar-refractivity contribution in [3.8, 4) is 11.5 Å². The van der Waals surface area contributed by atoms with Gasteiger partial charge >= 0.3 is 0 Å². The van der Waals surface area contributed by atoms with Crippen molar-refractivity contribution >= 4 is 11.4 Å². The second-order valence-electron chi connectivity index (χ2n) is 5.98. The number of nitrogens with one attached hydrogen (secondary N) is 1. The van der Waals surface area contributed by atoms with Gasteiger partial charge in [0.25, 0.3) is 5.69 Å². The molecule has 1 aliphatic rings. The van der Waals surface area contributed by atoms with Gasteiger partial charge in [-0.25, -0.2) is 4.39 Å². The second kappa shape index (κ2) is 7.84. The van der Waals surface area contributed by atoms with Crippen LogP contribution in [-0.2, 0) is 4.74 Å². The SMILES string of the molecule is O=[N+]([O-])c1cc(N[C@@H]2OC[C@@H](O)[C@@H](O)[C@@H]2O)cc(Oc2ccc(F)cc2)c1. The molecule has 9 nitrogen and oxygen atoms in total. The zero-order valence-electron chi connectivity index (χ0n) is 13.9. The minimum atomic E-state index is -1.45. The quantitative estimate of drug-likeness (QED) is 0.451. The van der Waals surface area contributed by atoms with Crippen molar-refractivity contribution in [2.24, 2.45) is 0 Å². The molecule has 27 heavy (non-hydrogen) atoms. The highest BCUT2D eigenvalue weighted by molar-refractivity contribution is 5.57. The summed E-state index contributed by atoms with van der Waals surface area (Å²) in [5.41, 5.74) is -0.100. The van der Waals surface area contributed by atoms with Gasteiger partial charge in [-0.3, -0.25) is 10.1 Å². The summed E-state index contributed by atoms with van der Waals surface area (Å²) in [5, 5.41) is 43.1. The molecule has 0 saturated carbocycles. The number of aliphatic hydroxyl groups excluding tert-OH is 3. The maximum absolute atomic E-state index is 13.0. The van der Waals surface area contributed by atoms with Crippen molar-refractivity contribution < 1.29 is 34.1 Å². The van der Waals surface area contributed by atoms with Crippen molar-refractivity contribution in [2.75, 3.05) is 11.9 Å². The molecule has 144 valence electrons. The zero-order valence-corrected chi connectivity index (χ0v) is 13.9. The molecule has 1 saturated heterocycles. The molecule has 2 aromatic rings. The number of hydrogen-bond donors (Lipinski definition) is 4. The summed E-state index contributed by atoms with van der Waals surface area (Å²) < 4.78 is 23.7. The topological polar surface area (TPSA) is 134 Å². The molecule has 10 heteroatoms. The van der Waals surface area contributed by atoms with Crippen LogP contribution in [0.5, 0.6) is 11.5 Å². The van der Waals surface area contributed by atoms with E-state index in [1.165, 1.54) is 42.5 Å². The largest absolute Gasteiger partial charge is 0.457 e. The van der Waals surface area contributed by atoms with E-state index in [0.717, 1.165) is 0 Å². The van der Waals surface area contributed by atoms with Crippen molar-refractivity contribution in [3.63, 3.8) is 0 Å². The average molecular weight is 380 g/mol. The molecule has 3 rings (SSSR count). The Labute approximate surface area is 152 Å². The number of nitro benzene ring substituents is 1. The molecule has 1 fully saturated rings. The Morgan fingerprint density at radius 1 is 1.11 bits per heavy atom. The van der Waals surface area contributed by atoms with Crippen LogP contribution in [-0.4, -0.2) is 51.4 Å². The number of rotatable bonds is 5. The van der Waals surface area contributed by atoms with E-state index in [4.69, 9.17) is 9.47 Å². The molecular formula is C17H17FN2O7. The number of anilines is 1. The summed E-state index contributed by atoms with van der Waals surface area (Å²) in [6.45, 7) is -0.218. The van der Waals surface area contributed by atoms with Crippen molar-refractivity contribution in [1.82, 2.24) is 0 Å². The molecule has 2 aromatic carbocycles. The van der Waals surface area contributed by atoms with Crippen LogP contribution in [0, 0.1) is 15.9 Å². The number of halogens is 1. The Balaban J connectivity index is 1.83. The number of nitrogens with zero attached hydrogens (tertiary/aromatic N) is 1. The molecule has 1 heterocycles. The lowest BCUT2D eigenvalue weighted by Crippen LogP contribution is -2.55. The van der Waals surface area contributed by atoms with Crippen LogP contribution >= 0.6 is 0 Å². The predicted octanol–water partition coefficient (Wildman–Crippen LogP) is 1.38. The van der Waals surface area contributed by atoms with E-state index in [-0.39, 0.29) is 29.5 Å². The molecule has 0 bridgehead atoms. The number of aliphatic hydroxyl groups is 3. The smallest absolute Gasteiger partial charge is 0.275 e. The summed E-state index contributed by atoms with van der Waals surface area (Å²) in [4.78, 5) is 10.5. The number of non-ortho nitro benzene ring substituents is 1. The Hall–Kier alpha value is -2.79. The molecule has 1 aliphatic heterocycles. The monoisotopic (exact) mass is 380 g/mol. The van der Waals surface area contributed by atoms with Crippen LogP contribution in [0.4, 0.5) is 15.8 Å². The Morgan fingerprint density at radius 3 is 2.48 bits per heavy atom. The van der Waals surface area contributed by atoms with E-state index in [2.05, 4.69) is 5.32 Å². The van der Waals surface area contributed by atoms with Crippen LogP contribution < -0.4 is 10.1 Å². The van der Waals surface area contributed by atoms with Gasteiger partial charge in [-0.15, -0.1) is 0 Å². The Bertz CT molecular complexity index is 817.